The van der Waals surface area contributed by atoms with Gasteiger partial charge in [0, 0.05) is 40.8 Å². The first-order chi connectivity index (χ1) is 10.0. The second-order valence-corrected chi connectivity index (χ2v) is 6.93. The fourth-order valence-corrected chi connectivity index (χ4v) is 3.74. The summed E-state index contributed by atoms with van der Waals surface area (Å²) in [5.41, 5.74) is 0. The van der Waals surface area contributed by atoms with Gasteiger partial charge in [-0.15, -0.1) is 0 Å². The van der Waals surface area contributed by atoms with Crippen molar-refractivity contribution in [3.05, 3.63) is 0 Å². The predicted octanol–water partition coefficient (Wildman–Crippen LogP) is -0.0201. The average Bonchev–Trinajstić information content (AvgIpc) is 2.52. The number of carbonyl (C=O) groups excluding carboxylic acids is 2. The van der Waals surface area contributed by atoms with Crippen LogP contribution >= 0.6 is 0 Å². The Morgan fingerprint density at radius 1 is 1.19 bits per heavy atom. The molecule has 0 bridgehead atoms. The number of urea groups is 1. The SMILES string of the molecule is CCCN(C(=O)NCCCC(=O)ON)[Si](OC)(OC)OC. The second-order valence-electron chi connectivity index (χ2n) is 4.11. The molecule has 0 aliphatic carbocycles. The van der Waals surface area contributed by atoms with Crippen LogP contribution in [0.5, 0.6) is 0 Å². The van der Waals surface area contributed by atoms with E-state index in [4.69, 9.17) is 19.2 Å². The summed E-state index contributed by atoms with van der Waals surface area (Å²) in [4.78, 5) is 27.1. The molecule has 21 heavy (non-hydrogen) atoms. The highest BCUT2D eigenvalue weighted by Gasteiger charge is 2.49. The van der Waals surface area contributed by atoms with Gasteiger partial charge in [0.15, 0.2) is 0 Å². The predicted molar refractivity (Wildman–Crippen MR) is 76.7 cm³/mol. The van der Waals surface area contributed by atoms with Crippen LogP contribution in [0.25, 0.3) is 0 Å². The van der Waals surface area contributed by atoms with Gasteiger partial charge in [0.2, 0.25) is 0 Å². The van der Waals surface area contributed by atoms with Gasteiger partial charge in [0.05, 0.1) is 0 Å². The molecule has 0 unspecified atom stereocenters. The Morgan fingerprint density at radius 2 is 1.76 bits per heavy atom. The third-order valence-electron chi connectivity index (χ3n) is 2.76. The van der Waals surface area contributed by atoms with Crippen molar-refractivity contribution < 1.29 is 27.7 Å². The lowest BCUT2D eigenvalue weighted by atomic mass is 10.3. The van der Waals surface area contributed by atoms with Crippen molar-refractivity contribution in [1.82, 2.24) is 9.88 Å². The first kappa shape index (κ1) is 19.8. The van der Waals surface area contributed by atoms with E-state index in [-0.39, 0.29) is 12.5 Å². The highest BCUT2D eigenvalue weighted by atomic mass is 28.4. The number of carbonyl (C=O) groups is 2. The summed E-state index contributed by atoms with van der Waals surface area (Å²) in [6.45, 7) is 2.66. The molecule has 0 saturated heterocycles. The molecule has 0 aliphatic heterocycles. The van der Waals surface area contributed by atoms with E-state index in [1.165, 1.54) is 25.9 Å². The van der Waals surface area contributed by atoms with Gasteiger partial charge in [-0.05, 0) is 12.8 Å². The summed E-state index contributed by atoms with van der Waals surface area (Å²) in [5.74, 6) is 4.20. The van der Waals surface area contributed by atoms with Crippen LogP contribution in [0, 0.1) is 0 Å². The van der Waals surface area contributed by atoms with Crippen molar-refractivity contribution in [3.63, 3.8) is 0 Å². The molecule has 0 rings (SSSR count). The Morgan fingerprint density at radius 3 is 2.19 bits per heavy atom. The fraction of sp³-hybridized carbons (Fsp3) is 0.818. The Bertz CT molecular complexity index is 319. The van der Waals surface area contributed by atoms with Crippen LogP contribution in [0.1, 0.15) is 26.2 Å². The normalized spacial score (nSPS) is 11.1. The first-order valence-electron chi connectivity index (χ1n) is 6.61. The summed E-state index contributed by atoms with van der Waals surface area (Å²) < 4.78 is 17.3. The molecular weight excluding hydrogens is 298 g/mol. The Balaban J connectivity index is 4.58. The molecule has 0 fully saturated rings. The molecule has 0 atom stereocenters. The van der Waals surface area contributed by atoms with Crippen molar-refractivity contribution in [3.8, 4) is 0 Å². The minimum Gasteiger partial charge on any atom is -0.373 e. The maximum absolute atomic E-state index is 12.2. The fourth-order valence-electron chi connectivity index (χ4n) is 1.75. The molecule has 124 valence electrons. The summed E-state index contributed by atoms with van der Waals surface area (Å²) in [6, 6.07) is -0.366. The average molecular weight is 323 g/mol. The van der Waals surface area contributed by atoms with Gasteiger partial charge in [-0.25, -0.2) is 4.79 Å². The van der Waals surface area contributed by atoms with Crippen LogP contribution in [0.15, 0.2) is 0 Å². The number of amides is 2. The van der Waals surface area contributed by atoms with E-state index in [1.807, 2.05) is 6.92 Å². The van der Waals surface area contributed by atoms with Crippen molar-refractivity contribution in [2.45, 2.75) is 26.2 Å². The lowest BCUT2D eigenvalue weighted by molar-refractivity contribution is -0.144. The van der Waals surface area contributed by atoms with Gasteiger partial charge in [-0.3, -0.25) is 9.36 Å². The van der Waals surface area contributed by atoms with Crippen LogP contribution < -0.4 is 11.2 Å². The number of nitrogens with one attached hydrogen (secondary N) is 1. The Hall–Kier alpha value is -1.20. The van der Waals surface area contributed by atoms with E-state index in [2.05, 4.69) is 10.2 Å². The number of nitrogens with two attached hydrogens (primary N) is 1. The maximum atomic E-state index is 12.2. The number of hydrogen-bond donors (Lipinski definition) is 2. The topological polar surface area (TPSA) is 112 Å². The van der Waals surface area contributed by atoms with Gasteiger partial charge in [-0.2, -0.15) is 5.90 Å². The minimum atomic E-state index is -3.21. The monoisotopic (exact) mass is 323 g/mol. The molecule has 0 aromatic carbocycles. The molecule has 0 aliphatic rings. The van der Waals surface area contributed by atoms with Crippen LogP contribution in [-0.2, 0) is 22.9 Å². The largest absolute Gasteiger partial charge is 0.636 e. The standard InChI is InChI=1S/C11H25N3O6Si/c1-5-9-14(21(17-2,18-3)19-4)11(16)13-8-6-7-10(15)20-12/h5-9,12H2,1-4H3,(H,13,16). The van der Waals surface area contributed by atoms with E-state index < -0.39 is 14.9 Å². The lowest BCUT2D eigenvalue weighted by Crippen LogP contribution is -2.64. The van der Waals surface area contributed by atoms with Gasteiger partial charge in [0.25, 0.3) is 0 Å². The van der Waals surface area contributed by atoms with E-state index in [0.717, 1.165) is 6.42 Å². The zero-order chi connectivity index (χ0) is 16.3. The van der Waals surface area contributed by atoms with Gasteiger partial charge in [0.1, 0.15) is 0 Å². The lowest BCUT2D eigenvalue weighted by Gasteiger charge is -2.34. The number of nitrogens with zero attached hydrogens (tertiary/aromatic N) is 1. The van der Waals surface area contributed by atoms with E-state index in [1.54, 1.807) is 0 Å². The van der Waals surface area contributed by atoms with Gasteiger partial charge < -0.3 is 23.4 Å². The van der Waals surface area contributed by atoms with Gasteiger partial charge >= 0.3 is 21.0 Å². The molecule has 0 aromatic heterocycles. The van der Waals surface area contributed by atoms with Crippen LogP contribution in [0.3, 0.4) is 0 Å². The van der Waals surface area contributed by atoms with E-state index in [9.17, 15) is 9.59 Å². The third-order valence-corrected chi connectivity index (χ3v) is 5.40. The number of hydrogen-bond acceptors (Lipinski definition) is 7. The van der Waals surface area contributed by atoms with Crippen molar-refractivity contribution in [2.24, 2.45) is 5.90 Å². The Labute approximate surface area is 126 Å². The first-order valence-corrected chi connectivity index (χ1v) is 8.28. The molecule has 3 N–H and O–H groups in total. The molecule has 9 nitrogen and oxygen atoms in total. The molecule has 2 amide bonds. The van der Waals surface area contributed by atoms with E-state index >= 15 is 0 Å². The smallest absolute Gasteiger partial charge is 0.373 e. The third kappa shape index (κ3) is 5.97. The van der Waals surface area contributed by atoms with Crippen molar-refractivity contribution in [2.75, 3.05) is 34.4 Å². The summed E-state index contributed by atoms with van der Waals surface area (Å²) in [6.07, 6.45) is 1.27. The highest BCUT2D eigenvalue weighted by Crippen LogP contribution is 2.14. The molecule has 10 heteroatoms. The maximum Gasteiger partial charge on any atom is 0.636 e. The second kappa shape index (κ2) is 10.5. The van der Waals surface area contributed by atoms with E-state index in [0.29, 0.717) is 19.5 Å². The molecule has 0 saturated carbocycles. The minimum absolute atomic E-state index is 0.131. The van der Waals surface area contributed by atoms with Crippen LogP contribution in [0.2, 0.25) is 0 Å². The zero-order valence-electron chi connectivity index (χ0n) is 13.0. The summed E-state index contributed by atoms with van der Waals surface area (Å²) in [7, 11) is 1.10. The number of rotatable bonds is 10. The molecular formula is C11H25N3O6Si. The summed E-state index contributed by atoms with van der Waals surface area (Å²) >= 11 is 0. The molecule has 0 heterocycles. The zero-order valence-corrected chi connectivity index (χ0v) is 14.0. The van der Waals surface area contributed by atoms with Crippen molar-refractivity contribution in [1.29, 1.82) is 0 Å². The van der Waals surface area contributed by atoms with Crippen LogP contribution in [-0.4, -0.2) is 60.0 Å². The quantitative estimate of drug-likeness (QED) is 0.330. The van der Waals surface area contributed by atoms with Crippen LogP contribution in [0.4, 0.5) is 4.79 Å². The highest BCUT2D eigenvalue weighted by molar-refractivity contribution is 6.60. The van der Waals surface area contributed by atoms with Crippen molar-refractivity contribution >= 4 is 21.0 Å². The molecule has 0 spiro atoms. The summed E-state index contributed by atoms with van der Waals surface area (Å²) in [5, 5.41) is 2.69. The molecule has 0 radical (unpaired) electrons. The Kier molecular flexibility index (Phi) is 9.91. The van der Waals surface area contributed by atoms with Gasteiger partial charge in [-0.1, -0.05) is 6.92 Å². The molecule has 0 aromatic rings.